The molecule has 114 valence electrons. The highest BCUT2D eigenvalue weighted by atomic mass is 32.1. The molecule has 0 bridgehead atoms. The summed E-state index contributed by atoms with van der Waals surface area (Å²) < 4.78 is 2.05. The first kappa shape index (κ1) is 14.2. The normalized spacial score (nSPS) is 11.2. The van der Waals surface area contributed by atoms with Crippen molar-refractivity contribution in [3.8, 4) is 11.3 Å². The van der Waals surface area contributed by atoms with E-state index in [1.807, 2.05) is 36.4 Å². The van der Waals surface area contributed by atoms with Crippen molar-refractivity contribution < 1.29 is 5.11 Å². The van der Waals surface area contributed by atoms with Crippen molar-refractivity contribution in [3.63, 3.8) is 0 Å². The Kier molecular flexibility index (Phi) is 3.69. The predicted molar refractivity (Wildman–Crippen MR) is 94.5 cm³/mol. The number of hydrogen-bond acceptors (Lipinski definition) is 3. The molecule has 0 aliphatic carbocycles. The number of aliphatic hydroxyl groups is 1. The van der Waals surface area contributed by atoms with Crippen LogP contribution in [0.25, 0.3) is 22.2 Å². The third kappa shape index (κ3) is 2.67. The molecule has 4 heteroatoms. The number of para-hydroxylation sites is 1. The minimum atomic E-state index is 0.0767. The van der Waals surface area contributed by atoms with E-state index in [9.17, 15) is 5.11 Å². The molecule has 4 rings (SSSR count). The standard InChI is InChI=1S/C19H16N2OS/c22-12-16-10-15(13-23-16)19-17-8-4-5-9-18(17)21(20-19)11-14-6-2-1-3-7-14/h1-10,13,22H,11-12H2. The van der Waals surface area contributed by atoms with Crippen molar-refractivity contribution in [3.05, 3.63) is 76.5 Å². The van der Waals surface area contributed by atoms with Gasteiger partial charge in [0.05, 0.1) is 18.7 Å². The maximum atomic E-state index is 9.30. The van der Waals surface area contributed by atoms with Crippen LogP contribution in [-0.2, 0) is 13.2 Å². The second kappa shape index (κ2) is 5.99. The summed E-state index contributed by atoms with van der Waals surface area (Å²) in [7, 11) is 0. The first-order chi connectivity index (χ1) is 11.3. The smallest absolute Gasteiger partial charge is 0.101 e. The van der Waals surface area contributed by atoms with Crippen molar-refractivity contribution >= 4 is 22.2 Å². The Morgan fingerprint density at radius 1 is 1.00 bits per heavy atom. The summed E-state index contributed by atoms with van der Waals surface area (Å²) in [5.41, 5.74) is 4.41. The van der Waals surface area contributed by atoms with E-state index in [0.29, 0.717) is 0 Å². The van der Waals surface area contributed by atoms with Crippen molar-refractivity contribution in [2.24, 2.45) is 0 Å². The molecule has 0 spiro atoms. The van der Waals surface area contributed by atoms with Gasteiger partial charge in [-0.15, -0.1) is 11.3 Å². The molecule has 0 atom stereocenters. The molecule has 0 saturated carbocycles. The van der Waals surface area contributed by atoms with E-state index in [-0.39, 0.29) is 6.61 Å². The second-order valence-electron chi connectivity index (χ2n) is 5.47. The molecule has 23 heavy (non-hydrogen) atoms. The summed E-state index contributed by atoms with van der Waals surface area (Å²) in [6.45, 7) is 0.825. The third-order valence-electron chi connectivity index (χ3n) is 3.92. The Morgan fingerprint density at radius 3 is 2.57 bits per heavy atom. The molecule has 2 heterocycles. The number of benzene rings is 2. The molecule has 0 radical (unpaired) electrons. The minimum absolute atomic E-state index is 0.0767. The zero-order chi connectivity index (χ0) is 15.6. The maximum absolute atomic E-state index is 9.30. The molecule has 4 aromatic rings. The topological polar surface area (TPSA) is 38.1 Å². The highest BCUT2D eigenvalue weighted by Crippen LogP contribution is 2.31. The van der Waals surface area contributed by atoms with Crippen LogP contribution < -0.4 is 0 Å². The second-order valence-corrected chi connectivity index (χ2v) is 6.46. The SMILES string of the molecule is OCc1cc(-c2nn(Cc3ccccc3)c3ccccc23)cs1. The molecule has 0 unspecified atom stereocenters. The quantitative estimate of drug-likeness (QED) is 0.608. The van der Waals surface area contributed by atoms with Gasteiger partial charge in [0.1, 0.15) is 5.69 Å². The average Bonchev–Trinajstić information content (AvgIpc) is 3.21. The molecule has 1 N–H and O–H groups in total. The largest absolute Gasteiger partial charge is 0.391 e. The maximum Gasteiger partial charge on any atom is 0.101 e. The number of aromatic nitrogens is 2. The lowest BCUT2D eigenvalue weighted by molar-refractivity contribution is 0.285. The van der Waals surface area contributed by atoms with Crippen LogP contribution in [0.3, 0.4) is 0 Å². The van der Waals surface area contributed by atoms with Crippen molar-refractivity contribution in [2.75, 3.05) is 0 Å². The van der Waals surface area contributed by atoms with Gasteiger partial charge in [-0.2, -0.15) is 5.10 Å². The van der Waals surface area contributed by atoms with Crippen LogP contribution in [0.5, 0.6) is 0 Å². The summed E-state index contributed by atoms with van der Waals surface area (Å²) >= 11 is 1.57. The zero-order valence-corrected chi connectivity index (χ0v) is 13.3. The van der Waals surface area contributed by atoms with Gasteiger partial charge in [0.25, 0.3) is 0 Å². The van der Waals surface area contributed by atoms with Gasteiger partial charge < -0.3 is 5.11 Å². The number of rotatable bonds is 4. The lowest BCUT2D eigenvalue weighted by atomic mass is 10.1. The third-order valence-corrected chi connectivity index (χ3v) is 4.84. The summed E-state index contributed by atoms with van der Waals surface area (Å²) in [4.78, 5) is 0.960. The summed E-state index contributed by atoms with van der Waals surface area (Å²) in [5.74, 6) is 0. The van der Waals surface area contributed by atoms with Crippen LogP contribution in [0, 0.1) is 0 Å². The minimum Gasteiger partial charge on any atom is -0.391 e. The summed E-state index contributed by atoms with van der Waals surface area (Å²) in [6, 6.07) is 20.7. The molecule has 0 saturated heterocycles. The van der Waals surface area contributed by atoms with Gasteiger partial charge in [0.15, 0.2) is 0 Å². The molecule has 0 aliphatic heterocycles. The van der Waals surface area contributed by atoms with E-state index in [4.69, 9.17) is 5.10 Å². The van der Waals surface area contributed by atoms with E-state index in [2.05, 4.69) is 34.3 Å². The Labute approximate surface area is 138 Å². The molecule has 2 aromatic heterocycles. The van der Waals surface area contributed by atoms with E-state index in [0.717, 1.165) is 33.6 Å². The summed E-state index contributed by atoms with van der Waals surface area (Å²) in [6.07, 6.45) is 0. The van der Waals surface area contributed by atoms with E-state index >= 15 is 0 Å². The fourth-order valence-corrected chi connectivity index (χ4v) is 3.53. The van der Waals surface area contributed by atoms with Crippen LogP contribution in [0.4, 0.5) is 0 Å². The van der Waals surface area contributed by atoms with Gasteiger partial charge in [-0.05, 0) is 17.7 Å². The van der Waals surface area contributed by atoms with Gasteiger partial charge >= 0.3 is 0 Å². The van der Waals surface area contributed by atoms with Crippen molar-refractivity contribution in [1.29, 1.82) is 0 Å². The Morgan fingerprint density at radius 2 is 1.78 bits per heavy atom. The molecule has 3 nitrogen and oxygen atoms in total. The van der Waals surface area contributed by atoms with Crippen LogP contribution in [0.2, 0.25) is 0 Å². The van der Waals surface area contributed by atoms with Crippen LogP contribution in [-0.4, -0.2) is 14.9 Å². The highest BCUT2D eigenvalue weighted by Gasteiger charge is 2.13. The molecule has 0 fully saturated rings. The first-order valence-electron chi connectivity index (χ1n) is 7.53. The fraction of sp³-hybridized carbons (Fsp3) is 0.105. The van der Waals surface area contributed by atoms with E-state index < -0.39 is 0 Å². The van der Waals surface area contributed by atoms with Gasteiger partial charge in [0.2, 0.25) is 0 Å². The monoisotopic (exact) mass is 320 g/mol. The predicted octanol–water partition coefficient (Wildman–Crippen LogP) is 4.31. The average molecular weight is 320 g/mol. The lowest BCUT2D eigenvalue weighted by Crippen LogP contribution is -2.01. The van der Waals surface area contributed by atoms with Crippen molar-refractivity contribution in [1.82, 2.24) is 9.78 Å². The zero-order valence-electron chi connectivity index (χ0n) is 12.5. The molecule has 0 aliphatic rings. The number of fused-ring (bicyclic) bond motifs is 1. The number of thiophene rings is 1. The van der Waals surface area contributed by atoms with Crippen LogP contribution >= 0.6 is 11.3 Å². The van der Waals surface area contributed by atoms with Crippen LogP contribution in [0.1, 0.15) is 10.4 Å². The number of aliphatic hydroxyl groups excluding tert-OH is 1. The highest BCUT2D eigenvalue weighted by molar-refractivity contribution is 7.10. The Balaban J connectivity index is 1.83. The Hall–Kier alpha value is -2.43. The van der Waals surface area contributed by atoms with E-state index in [1.165, 1.54) is 5.56 Å². The number of nitrogens with zero attached hydrogens (tertiary/aromatic N) is 2. The van der Waals surface area contributed by atoms with Crippen LogP contribution in [0.15, 0.2) is 66.0 Å². The van der Waals surface area contributed by atoms with Gasteiger partial charge in [-0.1, -0.05) is 48.5 Å². The fourth-order valence-electron chi connectivity index (χ4n) is 2.81. The van der Waals surface area contributed by atoms with Gasteiger partial charge in [0, 0.05) is 21.2 Å². The van der Waals surface area contributed by atoms with Crippen molar-refractivity contribution in [2.45, 2.75) is 13.2 Å². The number of hydrogen-bond donors (Lipinski definition) is 1. The van der Waals surface area contributed by atoms with Gasteiger partial charge in [-0.25, -0.2) is 0 Å². The molecular formula is C19H16N2OS. The van der Waals surface area contributed by atoms with E-state index in [1.54, 1.807) is 11.3 Å². The first-order valence-corrected chi connectivity index (χ1v) is 8.41. The Bertz CT molecular complexity index is 940. The van der Waals surface area contributed by atoms with Gasteiger partial charge in [-0.3, -0.25) is 4.68 Å². The lowest BCUT2D eigenvalue weighted by Gasteiger charge is -2.03. The molecular weight excluding hydrogens is 304 g/mol. The molecule has 0 amide bonds. The summed E-state index contributed by atoms with van der Waals surface area (Å²) in [5, 5.41) is 17.3. The molecule has 2 aromatic carbocycles.